The third-order valence-electron chi connectivity index (χ3n) is 2.45. The van der Waals surface area contributed by atoms with Gasteiger partial charge in [0.05, 0.1) is 10.6 Å². The van der Waals surface area contributed by atoms with E-state index in [2.05, 4.69) is 15.5 Å². The van der Waals surface area contributed by atoms with E-state index in [1.54, 1.807) is 0 Å². The Hall–Kier alpha value is -0.240. The Balaban J connectivity index is 1.99. The highest BCUT2D eigenvalue weighted by molar-refractivity contribution is 8.01. The maximum atomic E-state index is 6.93. The monoisotopic (exact) mass is 183 g/mol. The van der Waals surface area contributed by atoms with Gasteiger partial charge in [-0.1, -0.05) is 0 Å². The first-order valence-electron chi connectivity index (χ1n) is 4.34. The summed E-state index contributed by atoms with van der Waals surface area (Å²) in [5.74, 6) is 0.950. The molecule has 3 nitrogen and oxygen atoms in total. The van der Waals surface area contributed by atoms with Crippen LogP contribution in [-0.4, -0.2) is 29.9 Å². The van der Waals surface area contributed by atoms with Gasteiger partial charge in [-0.25, -0.2) is 11.9 Å². The molecule has 0 aliphatic carbocycles. The van der Waals surface area contributed by atoms with Gasteiger partial charge in [0.15, 0.2) is 0 Å². The molecular formula is C8H13N3S. The van der Waals surface area contributed by atoms with Gasteiger partial charge in [0.25, 0.3) is 6.17 Å². The van der Waals surface area contributed by atoms with Gasteiger partial charge in [-0.3, -0.25) is 4.85 Å². The minimum atomic E-state index is 0.0508. The number of piperidine rings is 1. The molecule has 2 rings (SSSR count). The molecule has 0 radical (unpaired) electrons. The zero-order valence-corrected chi connectivity index (χ0v) is 7.78. The van der Waals surface area contributed by atoms with Gasteiger partial charge in [0.1, 0.15) is 0 Å². The highest BCUT2D eigenvalue weighted by Gasteiger charge is 2.42. The first-order chi connectivity index (χ1) is 5.85. The van der Waals surface area contributed by atoms with Gasteiger partial charge in [-0.15, -0.1) is 11.8 Å². The van der Waals surface area contributed by atoms with E-state index in [-0.39, 0.29) is 11.0 Å². The molecule has 4 heteroatoms. The Morgan fingerprint density at radius 2 is 2.50 bits per heavy atom. The number of hydrogen-bond donors (Lipinski definition) is 2. The predicted molar refractivity (Wildman–Crippen MR) is 50.8 cm³/mol. The van der Waals surface area contributed by atoms with Gasteiger partial charge in [0, 0.05) is 6.54 Å². The topological polar surface area (TPSA) is 28.4 Å². The lowest BCUT2D eigenvalue weighted by Crippen LogP contribution is -2.51. The molecule has 1 spiro atoms. The van der Waals surface area contributed by atoms with Gasteiger partial charge in [-0.05, 0) is 19.4 Å². The number of hydrogen-bond acceptors (Lipinski definition) is 3. The summed E-state index contributed by atoms with van der Waals surface area (Å²) in [5, 5.41) is 6.78. The van der Waals surface area contributed by atoms with Gasteiger partial charge in [0.2, 0.25) is 0 Å². The molecule has 0 amide bonds. The zero-order valence-electron chi connectivity index (χ0n) is 6.97. The highest BCUT2D eigenvalue weighted by atomic mass is 32.2. The van der Waals surface area contributed by atoms with E-state index in [0.717, 1.165) is 18.8 Å². The molecule has 0 aromatic rings. The maximum Gasteiger partial charge on any atom is 0.287 e. The number of rotatable bonds is 0. The molecule has 1 unspecified atom stereocenters. The van der Waals surface area contributed by atoms with Crippen molar-refractivity contribution in [2.24, 2.45) is 0 Å². The lowest BCUT2D eigenvalue weighted by Gasteiger charge is -2.32. The average Bonchev–Trinajstić information content (AvgIpc) is 2.50. The number of nitrogens with zero attached hydrogens (tertiary/aromatic N) is 1. The molecular weight excluding hydrogens is 170 g/mol. The summed E-state index contributed by atoms with van der Waals surface area (Å²) in [7, 11) is 0. The van der Waals surface area contributed by atoms with Crippen LogP contribution in [-0.2, 0) is 0 Å². The minimum absolute atomic E-state index is 0.0508. The summed E-state index contributed by atoms with van der Waals surface area (Å²) in [6.45, 7) is 9.08. The van der Waals surface area contributed by atoms with Crippen molar-refractivity contribution in [2.45, 2.75) is 23.9 Å². The van der Waals surface area contributed by atoms with Crippen LogP contribution in [0.4, 0.5) is 0 Å². The van der Waals surface area contributed by atoms with Crippen LogP contribution in [0.1, 0.15) is 12.8 Å². The van der Waals surface area contributed by atoms with Crippen molar-refractivity contribution >= 4 is 11.8 Å². The third kappa shape index (κ3) is 1.45. The third-order valence-corrected chi connectivity index (χ3v) is 3.95. The Morgan fingerprint density at radius 3 is 3.08 bits per heavy atom. The molecule has 2 saturated heterocycles. The fourth-order valence-electron chi connectivity index (χ4n) is 1.82. The quantitative estimate of drug-likeness (QED) is 0.540. The summed E-state index contributed by atoms with van der Waals surface area (Å²) >= 11 is 1.91. The summed E-state index contributed by atoms with van der Waals surface area (Å²) in [6.07, 6.45) is 2.48. The predicted octanol–water partition coefficient (Wildman–Crippen LogP) is 0.648. The minimum Gasteiger partial charge on any atom is -0.314 e. The highest BCUT2D eigenvalue weighted by Crippen LogP contribution is 2.35. The summed E-state index contributed by atoms with van der Waals surface area (Å²) in [4.78, 5) is 3.72. The van der Waals surface area contributed by atoms with Crippen molar-refractivity contribution in [3.05, 3.63) is 11.4 Å². The van der Waals surface area contributed by atoms with Crippen LogP contribution in [0, 0.1) is 6.57 Å². The Labute approximate surface area is 77.1 Å². The van der Waals surface area contributed by atoms with E-state index in [1.165, 1.54) is 12.8 Å². The SMILES string of the molecule is [C-]#[N+][C@@H]1CSC2(CCCNC2)N1. The first kappa shape index (κ1) is 8.36. The molecule has 0 aromatic heterocycles. The second kappa shape index (κ2) is 3.25. The molecule has 2 fully saturated rings. The summed E-state index contributed by atoms with van der Waals surface area (Å²) in [5.41, 5.74) is 0. The van der Waals surface area contributed by atoms with Crippen LogP contribution in [0.5, 0.6) is 0 Å². The van der Waals surface area contributed by atoms with Crippen molar-refractivity contribution in [1.82, 2.24) is 10.6 Å². The average molecular weight is 183 g/mol. The van der Waals surface area contributed by atoms with E-state index < -0.39 is 0 Å². The Bertz CT molecular complexity index is 205. The fraction of sp³-hybridized carbons (Fsp3) is 0.875. The van der Waals surface area contributed by atoms with E-state index >= 15 is 0 Å². The second-order valence-corrected chi connectivity index (χ2v) is 4.78. The summed E-state index contributed by atoms with van der Waals surface area (Å²) < 4.78 is 0. The van der Waals surface area contributed by atoms with Gasteiger partial charge < -0.3 is 5.32 Å². The molecule has 2 aliphatic heterocycles. The van der Waals surface area contributed by atoms with Crippen LogP contribution >= 0.6 is 11.8 Å². The van der Waals surface area contributed by atoms with Crippen LogP contribution in [0.25, 0.3) is 4.85 Å². The lowest BCUT2D eigenvalue weighted by atomic mass is 10.1. The fourth-order valence-corrected chi connectivity index (χ4v) is 3.17. The number of nitrogens with one attached hydrogen (secondary N) is 2. The molecule has 2 aliphatic rings. The molecule has 0 bridgehead atoms. The molecule has 2 N–H and O–H groups in total. The largest absolute Gasteiger partial charge is 0.314 e. The Morgan fingerprint density at radius 1 is 1.58 bits per heavy atom. The maximum absolute atomic E-state index is 6.93. The van der Waals surface area contributed by atoms with Crippen molar-refractivity contribution in [3.63, 3.8) is 0 Å². The molecule has 12 heavy (non-hydrogen) atoms. The van der Waals surface area contributed by atoms with Gasteiger partial charge >= 0.3 is 0 Å². The van der Waals surface area contributed by atoms with Crippen molar-refractivity contribution in [3.8, 4) is 0 Å². The van der Waals surface area contributed by atoms with E-state index in [9.17, 15) is 0 Å². The molecule has 66 valence electrons. The number of thioether (sulfide) groups is 1. The smallest absolute Gasteiger partial charge is 0.287 e. The van der Waals surface area contributed by atoms with Crippen LogP contribution in [0.15, 0.2) is 0 Å². The van der Waals surface area contributed by atoms with Gasteiger partial charge in [-0.2, -0.15) is 0 Å². The van der Waals surface area contributed by atoms with Crippen LogP contribution < -0.4 is 10.6 Å². The molecule has 2 heterocycles. The molecule has 0 aromatic carbocycles. The molecule has 0 saturated carbocycles. The van der Waals surface area contributed by atoms with Crippen LogP contribution in [0.2, 0.25) is 0 Å². The summed E-state index contributed by atoms with van der Waals surface area (Å²) in [6, 6.07) is 0. The normalized spacial score (nSPS) is 41.4. The van der Waals surface area contributed by atoms with E-state index in [1.807, 2.05) is 11.8 Å². The van der Waals surface area contributed by atoms with E-state index in [4.69, 9.17) is 6.57 Å². The molecule has 2 atom stereocenters. The van der Waals surface area contributed by atoms with Crippen molar-refractivity contribution in [2.75, 3.05) is 18.8 Å². The first-order valence-corrected chi connectivity index (χ1v) is 5.32. The Kier molecular flexibility index (Phi) is 2.26. The van der Waals surface area contributed by atoms with Crippen molar-refractivity contribution < 1.29 is 0 Å². The second-order valence-electron chi connectivity index (χ2n) is 3.37. The zero-order chi connectivity index (χ0) is 8.44. The standard InChI is InChI=1S/C8H13N3S/c1-9-7-5-12-8(11-7)3-2-4-10-6-8/h7,10-11H,2-6H2/t7-,8?/m0/s1. The van der Waals surface area contributed by atoms with Crippen LogP contribution in [0.3, 0.4) is 0 Å². The lowest BCUT2D eigenvalue weighted by molar-refractivity contribution is 0.359. The van der Waals surface area contributed by atoms with Crippen molar-refractivity contribution in [1.29, 1.82) is 0 Å². The van der Waals surface area contributed by atoms with E-state index in [0.29, 0.717) is 0 Å².